The molecule has 2 aromatic carbocycles. The number of halogens is 1. The number of benzene rings is 2. The van der Waals surface area contributed by atoms with Crippen LogP contribution in [0.3, 0.4) is 0 Å². The van der Waals surface area contributed by atoms with E-state index in [0.29, 0.717) is 0 Å². The third-order valence-electron chi connectivity index (χ3n) is 6.19. The number of hydrogen-bond acceptors (Lipinski definition) is 1. The Balaban J connectivity index is 2.13. The molecule has 0 amide bonds. The predicted octanol–water partition coefficient (Wildman–Crippen LogP) is 7.45. The van der Waals surface area contributed by atoms with Crippen molar-refractivity contribution in [2.75, 3.05) is 0 Å². The highest BCUT2D eigenvalue weighted by atomic mass is 28.4. The van der Waals surface area contributed by atoms with E-state index in [4.69, 9.17) is 4.43 Å². The molecule has 2 rings (SSSR count). The fraction of sp³-hybridized carbons (Fsp3) is 0.440. The van der Waals surface area contributed by atoms with Crippen LogP contribution in [0.15, 0.2) is 66.7 Å². The van der Waals surface area contributed by atoms with E-state index in [2.05, 4.69) is 89.4 Å². The maximum absolute atomic E-state index is 13.4. The van der Waals surface area contributed by atoms with Crippen molar-refractivity contribution in [2.45, 2.75) is 70.6 Å². The Morgan fingerprint density at radius 3 is 2.03 bits per heavy atom. The average molecular weight is 429 g/mol. The van der Waals surface area contributed by atoms with Crippen LogP contribution in [0.5, 0.6) is 0 Å². The van der Waals surface area contributed by atoms with Gasteiger partial charge in [-0.25, -0.2) is 4.39 Å². The van der Waals surface area contributed by atoms with E-state index in [0.717, 1.165) is 18.0 Å². The van der Waals surface area contributed by atoms with Crippen LogP contribution in [0.1, 0.15) is 38.9 Å². The maximum atomic E-state index is 13.4. The molecular formula is C25H37FOSi2. The second-order valence-corrected chi connectivity index (χ2v) is 19.6. The molecule has 0 saturated heterocycles. The van der Waals surface area contributed by atoms with Crippen molar-refractivity contribution in [3.63, 3.8) is 0 Å². The standard InChI is InChI=1S/C25H37FOSi2/c1-25(2,3)29(6,7)27-24(21-16-18-22(26)19-17-21)15-11-12-20-28(4,5)23-13-9-8-10-14-23/h8-14,16-19,24H,15,20H2,1-7H3/b12-11+. The molecule has 0 aliphatic carbocycles. The van der Waals surface area contributed by atoms with Crippen molar-refractivity contribution in [3.8, 4) is 0 Å². The Hall–Kier alpha value is -1.50. The van der Waals surface area contributed by atoms with E-state index in [1.54, 1.807) is 0 Å². The maximum Gasteiger partial charge on any atom is 0.192 e. The summed E-state index contributed by atoms with van der Waals surface area (Å²) >= 11 is 0. The fourth-order valence-electron chi connectivity index (χ4n) is 3.07. The van der Waals surface area contributed by atoms with Gasteiger partial charge in [0.15, 0.2) is 8.32 Å². The minimum atomic E-state index is -1.93. The van der Waals surface area contributed by atoms with Gasteiger partial charge < -0.3 is 4.43 Å². The molecule has 0 heterocycles. The van der Waals surface area contributed by atoms with Crippen LogP contribution in [0.4, 0.5) is 4.39 Å². The highest BCUT2D eigenvalue weighted by Gasteiger charge is 2.39. The second kappa shape index (κ2) is 9.54. The summed E-state index contributed by atoms with van der Waals surface area (Å²) in [6, 6.07) is 18.7. The largest absolute Gasteiger partial charge is 0.410 e. The van der Waals surface area contributed by atoms with Gasteiger partial charge in [0.1, 0.15) is 5.82 Å². The average Bonchev–Trinajstić information content (AvgIpc) is 2.64. The summed E-state index contributed by atoms with van der Waals surface area (Å²) in [7, 11) is -3.42. The lowest BCUT2D eigenvalue weighted by molar-refractivity contribution is 0.186. The van der Waals surface area contributed by atoms with Gasteiger partial charge in [0.05, 0.1) is 14.2 Å². The normalized spacial score (nSPS) is 14.3. The summed E-state index contributed by atoms with van der Waals surface area (Å²) in [6.07, 6.45) is 5.37. The highest BCUT2D eigenvalue weighted by molar-refractivity contribution is 6.90. The molecule has 158 valence electrons. The van der Waals surface area contributed by atoms with Gasteiger partial charge in [-0.05, 0) is 48.3 Å². The number of hydrogen-bond donors (Lipinski definition) is 0. The third-order valence-corrected chi connectivity index (χ3v) is 13.8. The summed E-state index contributed by atoms with van der Waals surface area (Å²) in [5.74, 6) is -0.203. The first kappa shape index (κ1) is 23.8. The van der Waals surface area contributed by atoms with Crippen LogP contribution >= 0.6 is 0 Å². The molecule has 2 aromatic rings. The van der Waals surface area contributed by atoms with Crippen molar-refractivity contribution in [2.24, 2.45) is 0 Å². The zero-order valence-electron chi connectivity index (χ0n) is 19.1. The quantitative estimate of drug-likeness (QED) is 0.313. The smallest absolute Gasteiger partial charge is 0.192 e. The number of rotatable bonds is 8. The van der Waals surface area contributed by atoms with Crippen LogP contribution in [-0.2, 0) is 4.43 Å². The van der Waals surface area contributed by atoms with Gasteiger partial charge in [-0.15, -0.1) is 0 Å². The summed E-state index contributed by atoms with van der Waals surface area (Å²) in [5.41, 5.74) is 1.06. The summed E-state index contributed by atoms with van der Waals surface area (Å²) in [5, 5.41) is 1.62. The van der Waals surface area contributed by atoms with Gasteiger partial charge in [-0.1, -0.05) is 93.7 Å². The lowest BCUT2D eigenvalue weighted by Crippen LogP contribution is -2.41. The number of allylic oxidation sites excluding steroid dienone is 1. The molecule has 0 aromatic heterocycles. The van der Waals surface area contributed by atoms with E-state index in [-0.39, 0.29) is 17.0 Å². The van der Waals surface area contributed by atoms with Gasteiger partial charge in [0, 0.05) is 0 Å². The first-order chi connectivity index (χ1) is 13.4. The van der Waals surface area contributed by atoms with Crippen molar-refractivity contribution >= 4 is 21.6 Å². The third kappa shape index (κ3) is 6.76. The molecule has 0 aliphatic rings. The molecule has 29 heavy (non-hydrogen) atoms. The molecule has 1 nitrogen and oxygen atoms in total. The summed E-state index contributed by atoms with van der Waals surface area (Å²) < 4.78 is 20.2. The van der Waals surface area contributed by atoms with Crippen molar-refractivity contribution in [1.29, 1.82) is 0 Å². The SMILES string of the molecule is CC(C)(C)[Si](C)(C)OC(C/C=C/C[Si](C)(C)c1ccccc1)c1ccc(F)cc1. The molecule has 1 atom stereocenters. The Kier molecular flexibility index (Phi) is 7.82. The van der Waals surface area contributed by atoms with E-state index in [1.807, 2.05) is 12.1 Å². The van der Waals surface area contributed by atoms with E-state index in [1.165, 1.54) is 17.3 Å². The van der Waals surface area contributed by atoms with Crippen LogP contribution in [-0.4, -0.2) is 16.4 Å². The van der Waals surface area contributed by atoms with Crippen LogP contribution < -0.4 is 5.19 Å². The second-order valence-electron chi connectivity index (χ2n) is 10.1. The molecule has 0 saturated carbocycles. The fourth-order valence-corrected chi connectivity index (χ4v) is 6.45. The topological polar surface area (TPSA) is 9.23 Å². The van der Waals surface area contributed by atoms with Crippen LogP contribution in [0.25, 0.3) is 0 Å². The summed E-state index contributed by atoms with van der Waals surface area (Å²) in [4.78, 5) is 0. The van der Waals surface area contributed by atoms with E-state index in [9.17, 15) is 4.39 Å². The molecule has 0 N–H and O–H groups in total. The minimum absolute atomic E-state index is 0.0331. The first-order valence-corrected chi connectivity index (χ1v) is 16.7. The van der Waals surface area contributed by atoms with Crippen LogP contribution in [0.2, 0.25) is 37.3 Å². The van der Waals surface area contributed by atoms with Gasteiger partial charge in [-0.2, -0.15) is 0 Å². The van der Waals surface area contributed by atoms with Crippen molar-refractivity contribution in [3.05, 3.63) is 78.1 Å². The van der Waals surface area contributed by atoms with Gasteiger partial charge in [0.2, 0.25) is 0 Å². The molecule has 0 spiro atoms. The van der Waals surface area contributed by atoms with Gasteiger partial charge >= 0.3 is 0 Å². The molecule has 4 heteroatoms. The van der Waals surface area contributed by atoms with Crippen molar-refractivity contribution in [1.82, 2.24) is 0 Å². The van der Waals surface area contributed by atoms with Gasteiger partial charge in [0.25, 0.3) is 0 Å². The molecular weight excluding hydrogens is 391 g/mol. The van der Waals surface area contributed by atoms with Gasteiger partial charge in [-0.3, -0.25) is 0 Å². The van der Waals surface area contributed by atoms with Crippen molar-refractivity contribution < 1.29 is 8.82 Å². The molecule has 0 aliphatic heterocycles. The lowest BCUT2D eigenvalue weighted by Gasteiger charge is -2.39. The molecule has 0 radical (unpaired) electrons. The molecule has 0 bridgehead atoms. The Labute approximate surface area is 179 Å². The predicted molar refractivity (Wildman–Crippen MR) is 130 cm³/mol. The first-order valence-electron chi connectivity index (χ1n) is 10.6. The minimum Gasteiger partial charge on any atom is -0.410 e. The monoisotopic (exact) mass is 428 g/mol. The van der Waals surface area contributed by atoms with E-state index < -0.39 is 16.4 Å². The zero-order chi connectivity index (χ0) is 21.7. The lowest BCUT2D eigenvalue weighted by atomic mass is 10.1. The molecule has 0 fully saturated rings. The van der Waals surface area contributed by atoms with Crippen LogP contribution in [0, 0.1) is 5.82 Å². The summed E-state index contributed by atoms with van der Waals surface area (Å²) in [6.45, 7) is 16.1. The highest BCUT2D eigenvalue weighted by Crippen LogP contribution is 2.40. The van der Waals surface area contributed by atoms with E-state index >= 15 is 0 Å². The Morgan fingerprint density at radius 2 is 1.48 bits per heavy atom. The molecule has 1 unspecified atom stereocenters. The Morgan fingerprint density at radius 1 is 0.897 bits per heavy atom. The zero-order valence-corrected chi connectivity index (χ0v) is 21.1. The Bertz CT molecular complexity index is 790.